The largest absolute Gasteiger partial charge is 0.478 e. The number of hydrogen-bond donors (Lipinski definition) is 2. The molecule has 0 spiro atoms. The summed E-state index contributed by atoms with van der Waals surface area (Å²) in [5.41, 5.74) is 1.54. The van der Waals surface area contributed by atoms with Gasteiger partial charge < -0.3 is 15.2 Å². The highest BCUT2D eigenvalue weighted by Gasteiger charge is 2.35. The van der Waals surface area contributed by atoms with Crippen molar-refractivity contribution in [2.45, 2.75) is 31.9 Å². The third kappa shape index (κ3) is 3.47. The fourth-order valence-electron chi connectivity index (χ4n) is 3.30. The van der Waals surface area contributed by atoms with Crippen molar-refractivity contribution in [1.82, 2.24) is 5.32 Å². The standard InChI is InChI=1S/C19H18FNO4/c1-11-9-15(17-13(18(22)23)7-8-14(20)16(11)17)21-19(24)25-10-12-5-3-2-4-6-12/h2-8,11,15H,9-10H2,1H3,(H,21,24)(H,22,23)/t11-,15+/m1/s1. The number of nitrogens with one attached hydrogen (secondary N) is 1. The van der Waals surface area contributed by atoms with Crippen LogP contribution in [0.2, 0.25) is 0 Å². The highest BCUT2D eigenvalue weighted by molar-refractivity contribution is 5.90. The van der Waals surface area contributed by atoms with Gasteiger partial charge in [-0.25, -0.2) is 14.0 Å². The van der Waals surface area contributed by atoms with E-state index in [1.54, 1.807) is 0 Å². The van der Waals surface area contributed by atoms with E-state index in [1.165, 1.54) is 6.07 Å². The molecule has 25 heavy (non-hydrogen) atoms. The smallest absolute Gasteiger partial charge is 0.407 e. The molecule has 0 fully saturated rings. The van der Waals surface area contributed by atoms with Gasteiger partial charge in [0.25, 0.3) is 0 Å². The molecule has 5 nitrogen and oxygen atoms in total. The first kappa shape index (κ1) is 17.0. The summed E-state index contributed by atoms with van der Waals surface area (Å²) in [4.78, 5) is 23.5. The summed E-state index contributed by atoms with van der Waals surface area (Å²) in [6.45, 7) is 1.92. The number of halogens is 1. The molecule has 0 saturated carbocycles. The van der Waals surface area contributed by atoms with Crippen molar-refractivity contribution in [3.8, 4) is 0 Å². The summed E-state index contributed by atoms with van der Waals surface area (Å²) in [6.07, 6.45) is -0.230. The molecule has 1 aliphatic carbocycles. The third-order valence-corrected chi connectivity index (χ3v) is 4.40. The molecule has 0 heterocycles. The maximum absolute atomic E-state index is 14.1. The second kappa shape index (κ2) is 6.93. The van der Waals surface area contributed by atoms with Crippen LogP contribution in [0.3, 0.4) is 0 Å². The SMILES string of the molecule is C[C@@H]1C[C@H](NC(=O)OCc2ccccc2)c2c(C(=O)O)ccc(F)c21. The molecule has 0 aromatic heterocycles. The second-order valence-electron chi connectivity index (χ2n) is 6.12. The van der Waals surface area contributed by atoms with Gasteiger partial charge in [0, 0.05) is 0 Å². The zero-order chi connectivity index (χ0) is 18.0. The number of benzene rings is 2. The molecule has 0 bridgehead atoms. The number of carbonyl (C=O) groups is 2. The molecule has 0 saturated heterocycles. The van der Waals surface area contributed by atoms with E-state index in [0.717, 1.165) is 11.6 Å². The van der Waals surface area contributed by atoms with Crippen LogP contribution in [0.25, 0.3) is 0 Å². The maximum atomic E-state index is 14.1. The lowest BCUT2D eigenvalue weighted by Gasteiger charge is -2.16. The third-order valence-electron chi connectivity index (χ3n) is 4.40. The number of amides is 1. The lowest BCUT2D eigenvalue weighted by Crippen LogP contribution is -2.28. The van der Waals surface area contributed by atoms with Gasteiger partial charge >= 0.3 is 12.1 Å². The first-order chi connectivity index (χ1) is 12.0. The Hall–Kier alpha value is -2.89. The van der Waals surface area contributed by atoms with Crippen molar-refractivity contribution in [3.63, 3.8) is 0 Å². The minimum atomic E-state index is -1.14. The minimum Gasteiger partial charge on any atom is -0.478 e. The first-order valence-corrected chi connectivity index (χ1v) is 8.00. The molecule has 2 aromatic carbocycles. The number of alkyl carbamates (subject to hydrolysis) is 1. The van der Waals surface area contributed by atoms with Gasteiger partial charge in [0.15, 0.2) is 0 Å². The van der Waals surface area contributed by atoms with E-state index in [9.17, 15) is 19.1 Å². The highest BCUT2D eigenvalue weighted by atomic mass is 19.1. The van der Waals surface area contributed by atoms with Gasteiger partial charge in [0.1, 0.15) is 12.4 Å². The summed E-state index contributed by atoms with van der Waals surface area (Å²) in [6, 6.07) is 11.0. The van der Waals surface area contributed by atoms with Crippen LogP contribution in [-0.4, -0.2) is 17.2 Å². The summed E-state index contributed by atoms with van der Waals surface area (Å²) < 4.78 is 19.3. The van der Waals surface area contributed by atoms with E-state index < -0.39 is 23.9 Å². The van der Waals surface area contributed by atoms with E-state index >= 15 is 0 Å². The Balaban J connectivity index is 1.76. The van der Waals surface area contributed by atoms with Crippen LogP contribution < -0.4 is 5.32 Å². The van der Waals surface area contributed by atoms with Crippen molar-refractivity contribution in [2.24, 2.45) is 0 Å². The number of carboxylic acids is 1. The number of carboxylic acid groups (broad SMARTS) is 1. The summed E-state index contributed by atoms with van der Waals surface area (Å²) >= 11 is 0. The maximum Gasteiger partial charge on any atom is 0.407 e. The summed E-state index contributed by atoms with van der Waals surface area (Å²) in [7, 11) is 0. The number of ether oxygens (including phenoxy) is 1. The van der Waals surface area contributed by atoms with Gasteiger partial charge in [-0.2, -0.15) is 0 Å². The molecule has 2 aromatic rings. The predicted molar refractivity (Wildman–Crippen MR) is 88.9 cm³/mol. The monoisotopic (exact) mass is 343 g/mol. The zero-order valence-corrected chi connectivity index (χ0v) is 13.7. The molecule has 0 radical (unpaired) electrons. The molecular weight excluding hydrogens is 325 g/mol. The van der Waals surface area contributed by atoms with Gasteiger partial charge in [-0.15, -0.1) is 0 Å². The Morgan fingerprint density at radius 3 is 2.60 bits per heavy atom. The fourth-order valence-corrected chi connectivity index (χ4v) is 3.30. The van der Waals surface area contributed by atoms with E-state index in [2.05, 4.69) is 5.32 Å². The van der Waals surface area contributed by atoms with E-state index in [1.807, 2.05) is 37.3 Å². The molecule has 2 N–H and O–H groups in total. The lowest BCUT2D eigenvalue weighted by molar-refractivity contribution is 0.0694. The number of hydrogen-bond acceptors (Lipinski definition) is 3. The summed E-state index contributed by atoms with van der Waals surface area (Å²) in [5.74, 6) is -1.78. The lowest BCUT2D eigenvalue weighted by atomic mass is 9.98. The van der Waals surface area contributed by atoms with E-state index in [-0.39, 0.29) is 18.1 Å². The van der Waals surface area contributed by atoms with Crippen LogP contribution in [0, 0.1) is 5.82 Å². The first-order valence-electron chi connectivity index (χ1n) is 8.00. The van der Waals surface area contributed by atoms with Crippen molar-refractivity contribution in [3.05, 3.63) is 70.5 Å². The molecule has 2 atom stereocenters. The predicted octanol–water partition coefficient (Wildman–Crippen LogP) is 4.00. The number of aromatic carboxylic acids is 1. The van der Waals surface area contributed by atoms with Crippen LogP contribution in [-0.2, 0) is 11.3 Å². The van der Waals surface area contributed by atoms with Gasteiger partial charge in [0.05, 0.1) is 11.6 Å². The van der Waals surface area contributed by atoms with Crippen molar-refractivity contribution < 1.29 is 23.8 Å². The molecule has 0 aliphatic heterocycles. The average molecular weight is 343 g/mol. The summed E-state index contributed by atoms with van der Waals surface area (Å²) in [5, 5.41) is 12.0. The Labute approximate surface area is 144 Å². The number of fused-ring (bicyclic) bond motifs is 1. The molecule has 130 valence electrons. The fraction of sp³-hybridized carbons (Fsp3) is 0.263. The van der Waals surface area contributed by atoms with Gasteiger partial charge in [0.2, 0.25) is 0 Å². The van der Waals surface area contributed by atoms with Crippen molar-refractivity contribution >= 4 is 12.1 Å². The minimum absolute atomic E-state index is 0.00843. The van der Waals surface area contributed by atoms with Gasteiger partial charge in [-0.05, 0) is 41.2 Å². The Kier molecular flexibility index (Phi) is 4.70. The molecule has 0 unspecified atom stereocenters. The van der Waals surface area contributed by atoms with Crippen molar-refractivity contribution in [1.29, 1.82) is 0 Å². The zero-order valence-electron chi connectivity index (χ0n) is 13.7. The van der Waals surface area contributed by atoms with Gasteiger partial charge in [-0.3, -0.25) is 0 Å². The van der Waals surface area contributed by atoms with Crippen molar-refractivity contribution in [2.75, 3.05) is 0 Å². The molecule has 3 rings (SSSR count). The Morgan fingerprint density at radius 2 is 1.92 bits per heavy atom. The topological polar surface area (TPSA) is 75.6 Å². The molecule has 1 aliphatic rings. The van der Waals surface area contributed by atoms with Crippen LogP contribution in [0.15, 0.2) is 42.5 Å². The Morgan fingerprint density at radius 1 is 1.20 bits per heavy atom. The molecular formula is C19H18FNO4. The molecule has 6 heteroatoms. The van der Waals surface area contributed by atoms with E-state index in [0.29, 0.717) is 17.5 Å². The van der Waals surface area contributed by atoms with Crippen LogP contribution in [0.4, 0.5) is 9.18 Å². The number of rotatable bonds is 4. The second-order valence-corrected chi connectivity index (χ2v) is 6.12. The molecule has 1 amide bonds. The van der Waals surface area contributed by atoms with Crippen LogP contribution in [0.1, 0.15) is 52.4 Å². The Bertz CT molecular complexity index is 807. The van der Waals surface area contributed by atoms with Crippen LogP contribution in [0.5, 0.6) is 0 Å². The average Bonchev–Trinajstić information content (AvgIpc) is 2.91. The highest BCUT2D eigenvalue weighted by Crippen LogP contribution is 2.43. The van der Waals surface area contributed by atoms with Gasteiger partial charge in [-0.1, -0.05) is 37.3 Å². The normalized spacial score (nSPS) is 18.5. The van der Waals surface area contributed by atoms with Crippen LogP contribution >= 0.6 is 0 Å². The number of carbonyl (C=O) groups excluding carboxylic acids is 1. The quantitative estimate of drug-likeness (QED) is 0.880. The van der Waals surface area contributed by atoms with E-state index in [4.69, 9.17) is 4.74 Å².